The Morgan fingerprint density at radius 2 is 1.30 bits per heavy atom. The van der Waals surface area contributed by atoms with E-state index in [0.29, 0.717) is 12.8 Å². The van der Waals surface area contributed by atoms with E-state index in [1.165, 1.54) is 11.1 Å². The van der Waals surface area contributed by atoms with Gasteiger partial charge in [0.05, 0.1) is 0 Å². The number of hydrogen-bond donors (Lipinski definition) is 0. The van der Waals surface area contributed by atoms with Crippen molar-refractivity contribution in [3.05, 3.63) is 82.9 Å². The molecule has 0 spiro atoms. The summed E-state index contributed by atoms with van der Waals surface area (Å²) in [4.78, 5) is 25.6. The van der Waals surface area contributed by atoms with Crippen LogP contribution in [0.4, 0.5) is 0 Å². The molecule has 0 saturated carbocycles. The average molecular weight is 360 g/mol. The number of allylic oxidation sites excluding steroid dienone is 2. The van der Waals surface area contributed by atoms with Crippen LogP contribution in [-0.2, 0) is 0 Å². The first-order valence-electron chi connectivity index (χ1n) is 10.0. The molecule has 1 aliphatic rings. The summed E-state index contributed by atoms with van der Waals surface area (Å²) in [6, 6.07) is 19.0. The minimum atomic E-state index is 0.182. The van der Waals surface area contributed by atoms with Crippen LogP contribution in [0.5, 0.6) is 0 Å². The molecule has 0 aromatic heterocycles. The predicted molar refractivity (Wildman–Crippen MR) is 110 cm³/mol. The molecule has 140 valence electrons. The van der Waals surface area contributed by atoms with E-state index in [-0.39, 0.29) is 23.4 Å². The number of Topliss-reactive ketones (excluding diaryl/α,β-unsaturated/α-hetero) is 2. The van der Waals surface area contributed by atoms with E-state index in [0.717, 1.165) is 30.4 Å². The van der Waals surface area contributed by atoms with E-state index >= 15 is 0 Å². The first-order valence-corrected chi connectivity index (χ1v) is 10.0. The molecule has 1 aliphatic carbocycles. The summed E-state index contributed by atoms with van der Waals surface area (Å²) in [6.45, 7) is 4.36. The van der Waals surface area contributed by atoms with Crippen LogP contribution in [0.15, 0.2) is 71.8 Å². The Balaban J connectivity index is 1.80. The van der Waals surface area contributed by atoms with Crippen molar-refractivity contribution in [2.45, 2.75) is 46.0 Å². The van der Waals surface area contributed by atoms with Gasteiger partial charge in [-0.2, -0.15) is 0 Å². The highest BCUT2D eigenvalue weighted by atomic mass is 16.1. The van der Waals surface area contributed by atoms with E-state index in [2.05, 4.69) is 13.8 Å². The molecule has 2 aromatic rings. The minimum absolute atomic E-state index is 0.182. The van der Waals surface area contributed by atoms with E-state index < -0.39 is 0 Å². The van der Waals surface area contributed by atoms with Gasteiger partial charge in [-0.1, -0.05) is 85.7 Å². The number of rotatable bonds is 8. The van der Waals surface area contributed by atoms with Crippen molar-refractivity contribution in [3.8, 4) is 0 Å². The number of carbonyl (C=O) groups excluding carboxylic acids is 2. The van der Waals surface area contributed by atoms with Crippen molar-refractivity contribution < 1.29 is 9.59 Å². The van der Waals surface area contributed by atoms with Crippen LogP contribution >= 0.6 is 0 Å². The van der Waals surface area contributed by atoms with Crippen molar-refractivity contribution in [2.24, 2.45) is 11.8 Å². The van der Waals surface area contributed by atoms with Gasteiger partial charge in [-0.15, -0.1) is 0 Å². The average Bonchev–Trinajstić information content (AvgIpc) is 3.05. The number of ketones is 2. The molecule has 0 radical (unpaired) electrons. The van der Waals surface area contributed by atoms with Crippen LogP contribution in [0.2, 0.25) is 0 Å². The van der Waals surface area contributed by atoms with E-state index in [4.69, 9.17) is 0 Å². The van der Waals surface area contributed by atoms with Gasteiger partial charge >= 0.3 is 0 Å². The molecular weight excluding hydrogens is 332 g/mol. The maximum Gasteiger partial charge on any atom is 0.163 e. The number of carbonyl (C=O) groups is 2. The normalized spacial score (nSPS) is 19.3. The lowest BCUT2D eigenvalue weighted by molar-refractivity contribution is 0.0910. The quantitative estimate of drug-likeness (QED) is 0.410. The first kappa shape index (κ1) is 19.3. The van der Waals surface area contributed by atoms with Crippen LogP contribution in [-0.4, -0.2) is 11.6 Å². The van der Waals surface area contributed by atoms with Gasteiger partial charge in [0.15, 0.2) is 11.6 Å². The molecule has 0 heterocycles. The third kappa shape index (κ3) is 4.44. The zero-order valence-electron chi connectivity index (χ0n) is 16.3. The predicted octanol–water partition coefficient (Wildman–Crippen LogP) is 6.29. The Kier molecular flexibility index (Phi) is 6.39. The Morgan fingerprint density at radius 1 is 0.778 bits per heavy atom. The minimum Gasteiger partial charge on any atom is -0.294 e. The van der Waals surface area contributed by atoms with Crippen LogP contribution in [0, 0.1) is 11.8 Å². The molecule has 0 amide bonds. The highest BCUT2D eigenvalue weighted by molar-refractivity contribution is 5.97. The zero-order valence-corrected chi connectivity index (χ0v) is 16.3. The summed E-state index contributed by atoms with van der Waals surface area (Å²) in [5.74, 6) is 0.784. The fourth-order valence-electron chi connectivity index (χ4n) is 4.45. The van der Waals surface area contributed by atoms with E-state index in [1.54, 1.807) is 0 Å². The van der Waals surface area contributed by atoms with Crippen molar-refractivity contribution in [2.75, 3.05) is 0 Å². The summed E-state index contributed by atoms with van der Waals surface area (Å²) in [6.07, 6.45) is 3.94. The molecule has 2 nitrogen and oxygen atoms in total. The van der Waals surface area contributed by atoms with Gasteiger partial charge in [0.2, 0.25) is 0 Å². The molecule has 2 atom stereocenters. The van der Waals surface area contributed by atoms with Gasteiger partial charge < -0.3 is 0 Å². The second-order valence-corrected chi connectivity index (χ2v) is 7.39. The number of benzene rings is 2. The molecular formula is C25H28O2. The molecule has 0 aliphatic heterocycles. The summed E-state index contributed by atoms with van der Waals surface area (Å²) in [7, 11) is 0. The van der Waals surface area contributed by atoms with Gasteiger partial charge in [0.1, 0.15) is 0 Å². The Morgan fingerprint density at radius 3 is 1.78 bits per heavy atom. The standard InChI is InChI=1S/C25H28O2/c1-3-18-15-21(16-24(26)19-11-7-5-8-12-19)23(22(18)4-2)17-25(27)20-13-9-6-10-14-20/h5-14,21,23H,3-4,15-17H2,1-2H3/t21-,23-/m0/s1. The van der Waals surface area contributed by atoms with Crippen molar-refractivity contribution in [1.29, 1.82) is 0 Å². The summed E-state index contributed by atoms with van der Waals surface area (Å²) in [5, 5.41) is 0. The Labute approximate surface area is 162 Å². The van der Waals surface area contributed by atoms with E-state index in [1.807, 2.05) is 60.7 Å². The van der Waals surface area contributed by atoms with Gasteiger partial charge in [0.25, 0.3) is 0 Å². The molecule has 0 bridgehead atoms. The fourth-order valence-corrected chi connectivity index (χ4v) is 4.45. The lowest BCUT2D eigenvalue weighted by Crippen LogP contribution is -2.19. The maximum atomic E-state index is 12.9. The van der Waals surface area contributed by atoms with Gasteiger partial charge in [-0.25, -0.2) is 0 Å². The Hall–Kier alpha value is -2.48. The van der Waals surface area contributed by atoms with Crippen molar-refractivity contribution >= 4 is 11.6 Å². The van der Waals surface area contributed by atoms with Crippen LogP contribution in [0.25, 0.3) is 0 Å². The van der Waals surface area contributed by atoms with Gasteiger partial charge in [-0.3, -0.25) is 9.59 Å². The van der Waals surface area contributed by atoms with Crippen molar-refractivity contribution in [1.82, 2.24) is 0 Å². The maximum absolute atomic E-state index is 12.9. The third-order valence-corrected chi connectivity index (χ3v) is 5.83. The third-order valence-electron chi connectivity index (χ3n) is 5.83. The summed E-state index contributed by atoms with van der Waals surface area (Å²) in [5.41, 5.74) is 4.40. The molecule has 0 saturated heterocycles. The molecule has 3 rings (SSSR count). The molecule has 27 heavy (non-hydrogen) atoms. The molecule has 0 unspecified atom stereocenters. The Bertz CT molecular complexity index is 818. The zero-order chi connectivity index (χ0) is 19.2. The second kappa shape index (κ2) is 8.94. The summed E-state index contributed by atoms with van der Waals surface area (Å²) < 4.78 is 0. The highest BCUT2D eigenvalue weighted by Crippen LogP contribution is 2.44. The lowest BCUT2D eigenvalue weighted by Gasteiger charge is -2.22. The topological polar surface area (TPSA) is 34.1 Å². The number of hydrogen-bond acceptors (Lipinski definition) is 2. The molecule has 2 aromatic carbocycles. The van der Waals surface area contributed by atoms with Crippen LogP contribution in [0.3, 0.4) is 0 Å². The monoisotopic (exact) mass is 360 g/mol. The van der Waals surface area contributed by atoms with Gasteiger partial charge in [-0.05, 0) is 31.1 Å². The highest BCUT2D eigenvalue weighted by Gasteiger charge is 2.35. The molecule has 0 N–H and O–H groups in total. The molecule has 0 fully saturated rings. The van der Waals surface area contributed by atoms with E-state index in [9.17, 15) is 9.59 Å². The van der Waals surface area contributed by atoms with Crippen LogP contribution < -0.4 is 0 Å². The smallest absolute Gasteiger partial charge is 0.163 e. The lowest BCUT2D eigenvalue weighted by atomic mass is 9.81. The van der Waals surface area contributed by atoms with Gasteiger partial charge in [0, 0.05) is 24.0 Å². The fraction of sp³-hybridized carbons (Fsp3) is 0.360. The van der Waals surface area contributed by atoms with Crippen LogP contribution in [0.1, 0.15) is 66.7 Å². The molecule has 2 heteroatoms. The SMILES string of the molecule is CCC1=C(CC)[C@@H](CC(=O)c2ccccc2)[C@H](CC(=O)c2ccccc2)C1. The second-order valence-electron chi connectivity index (χ2n) is 7.39. The first-order chi connectivity index (χ1) is 13.1. The largest absolute Gasteiger partial charge is 0.294 e. The van der Waals surface area contributed by atoms with Crippen molar-refractivity contribution in [3.63, 3.8) is 0 Å². The summed E-state index contributed by atoms with van der Waals surface area (Å²) >= 11 is 0.